The molecule has 0 saturated heterocycles. The molecule has 1 atom stereocenters. The number of rotatable bonds is 6. The monoisotopic (exact) mass is 242 g/mol. The maximum atomic E-state index is 6.19. The number of hydrogen-bond acceptors (Lipinski definition) is 2. The summed E-state index contributed by atoms with van der Waals surface area (Å²) >= 11 is 0. The topological polar surface area (TPSA) is 18.5 Å². The summed E-state index contributed by atoms with van der Waals surface area (Å²) in [4.78, 5) is 0. The van der Waals surface area contributed by atoms with E-state index in [9.17, 15) is 0 Å². The molecular formula is C13H26O2Si. The molecule has 2 aliphatic rings. The molecular weight excluding hydrogens is 216 g/mol. The fourth-order valence-electron chi connectivity index (χ4n) is 2.70. The van der Waals surface area contributed by atoms with Crippen LogP contribution < -0.4 is 0 Å². The largest absolute Gasteiger partial charge is 0.398 e. The summed E-state index contributed by atoms with van der Waals surface area (Å²) in [6, 6.07) is 1.22. The summed E-state index contributed by atoms with van der Waals surface area (Å²) in [5.41, 5.74) is 0. The smallest absolute Gasteiger partial charge is 0.334 e. The van der Waals surface area contributed by atoms with Gasteiger partial charge in [0.25, 0.3) is 0 Å². The van der Waals surface area contributed by atoms with Crippen LogP contribution in [0.4, 0.5) is 0 Å². The maximum Gasteiger partial charge on any atom is 0.334 e. The first-order chi connectivity index (χ1) is 7.72. The van der Waals surface area contributed by atoms with Crippen molar-refractivity contribution in [3.63, 3.8) is 0 Å². The summed E-state index contributed by atoms with van der Waals surface area (Å²) in [5, 5.41) is 0. The lowest BCUT2D eigenvalue weighted by molar-refractivity contribution is 0.150. The zero-order valence-electron chi connectivity index (χ0n) is 10.8. The van der Waals surface area contributed by atoms with Crippen molar-refractivity contribution in [2.75, 3.05) is 13.7 Å². The molecule has 0 aliphatic heterocycles. The van der Waals surface area contributed by atoms with Crippen molar-refractivity contribution in [1.82, 2.24) is 0 Å². The second-order valence-electron chi connectivity index (χ2n) is 5.80. The van der Waals surface area contributed by atoms with Crippen LogP contribution in [0.25, 0.3) is 0 Å². The zero-order valence-corrected chi connectivity index (χ0v) is 11.8. The minimum absolute atomic E-state index is 0.815. The van der Waals surface area contributed by atoms with Gasteiger partial charge in [0.2, 0.25) is 0 Å². The maximum absolute atomic E-state index is 6.19. The highest BCUT2D eigenvalue weighted by molar-refractivity contribution is 6.66. The highest BCUT2D eigenvalue weighted by Gasteiger charge is 2.38. The minimum atomic E-state index is -1.81. The summed E-state index contributed by atoms with van der Waals surface area (Å²) in [7, 11) is 0.0348. The molecule has 2 nitrogen and oxygen atoms in total. The molecule has 0 bridgehead atoms. The van der Waals surface area contributed by atoms with E-state index in [1.54, 1.807) is 0 Å². The van der Waals surface area contributed by atoms with Crippen molar-refractivity contribution in [1.29, 1.82) is 0 Å². The van der Waals surface area contributed by atoms with Crippen molar-refractivity contribution in [2.24, 2.45) is 11.8 Å². The van der Waals surface area contributed by atoms with Crippen LogP contribution in [-0.4, -0.2) is 22.3 Å². The Hall–Kier alpha value is 0.137. The van der Waals surface area contributed by atoms with Crippen LogP contribution in [0.15, 0.2) is 0 Å². The second-order valence-corrected chi connectivity index (χ2v) is 9.17. The Morgan fingerprint density at radius 3 is 2.25 bits per heavy atom. The second kappa shape index (κ2) is 5.65. The minimum Gasteiger partial charge on any atom is -0.398 e. The summed E-state index contributed by atoms with van der Waals surface area (Å²) in [5.74, 6) is 1.73. The SMILES string of the molecule is CO[Si](C)(CC1CC1)OCC1CCCCC1. The third-order valence-electron chi connectivity index (χ3n) is 4.14. The average Bonchev–Trinajstić information content (AvgIpc) is 3.12. The molecule has 0 amide bonds. The van der Waals surface area contributed by atoms with Crippen LogP contribution in [0.5, 0.6) is 0 Å². The molecule has 0 aromatic carbocycles. The molecule has 2 aliphatic carbocycles. The van der Waals surface area contributed by atoms with Crippen LogP contribution in [0, 0.1) is 11.8 Å². The Morgan fingerprint density at radius 1 is 1.00 bits per heavy atom. The fourth-order valence-corrected chi connectivity index (χ4v) is 5.14. The van der Waals surface area contributed by atoms with Gasteiger partial charge in [-0.25, -0.2) is 0 Å². The third-order valence-corrected chi connectivity index (χ3v) is 7.10. The Morgan fingerprint density at radius 2 is 1.69 bits per heavy atom. The van der Waals surface area contributed by atoms with Gasteiger partial charge in [-0.05, 0) is 37.3 Å². The van der Waals surface area contributed by atoms with E-state index in [1.807, 2.05) is 7.11 Å². The summed E-state index contributed by atoms with van der Waals surface area (Å²) in [6.07, 6.45) is 9.79. The molecule has 0 heterocycles. The van der Waals surface area contributed by atoms with Crippen LogP contribution in [-0.2, 0) is 8.85 Å². The molecule has 0 radical (unpaired) electrons. The van der Waals surface area contributed by atoms with E-state index < -0.39 is 8.56 Å². The van der Waals surface area contributed by atoms with Crippen molar-refractivity contribution >= 4 is 8.56 Å². The fraction of sp³-hybridized carbons (Fsp3) is 1.00. The molecule has 0 N–H and O–H groups in total. The molecule has 2 fully saturated rings. The van der Waals surface area contributed by atoms with Gasteiger partial charge >= 0.3 is 8.56 Å². The highest BCUT2D eigenvalue weighted by atomic mass is 28.4. The molecule has 94 valence electrons. The molecule has 0 aromatic rings. The standard InChI is InChI=1S/C13H26O2Si/c1-14-16(2,11-13-8-9-13)15-10-12-6-4-3-5-7-12/h12-13H,3-11H2,1-2H3. The van der Waals surface area contributed by atoms with E-state index >= 15 is 0 Å². The van der Waals surface area contributed by atoms with Crippen molar-refractivity contribution in [3.05, 3.63) is 0 Å². The molecule has 3 heteroatoms. The third kappa shape index (κ3) is 3.86. The Bertz CT molecular complexity index is 212. The first kappa shape index (κ1) is 12.6. The lowest BCUT2D eigenvalue weighted by Gasteiger charge is -2.29. The van der Waals surface area contributed by atoms with Gasteiger partial charge in [0.05, 0.1) is 0 Å². The van der Waals surface area contributed by atoms with Gasteiger partial charge in [0.15, 0.2) is 0 Å². The van der Waals surface area contributed by atoms with E-state index in [-0.39, 0.29) is 0 Å². The van der Waals surface area contributed by atoms with Gasteiger partial charge < -0.3 is 8.85 Å². The predicted octanol–water partition coefficient (Wildman–Crippen LogP) is 3.71. The first-order valence-electron chi connectivity index (χ1n) is 6.91. The normalized spacial score (nSPS) is 26.6. The summed E-state index contributed by atoms with van der Waals surface area (Å²) in [6.45, 7) is 3.21. The van der Waals surface area contributed by atoms with E-state index in [0.717, 1.165) is 18.4 Å². The molecule has 0 aromatic heterocycles. The molecule has 1 unspecified atom stereocenters. The van der Waals surface area contributed by atoms with Gasteiger partial charge in [0.1, 0.15) is 0 Å². The Labute approximate surface area is 101 Å². The van der Waals surface area contributed by atoms with Gasteiger partial charge in [-0.15, -0.1) is 0 Å². The number of hydrogen-bond donors (Lipinski definition) is 0. The predicted molar refractivity (Wildman–Crippen MR) is 68.7 cm³/mol. The van der Waals surface area contributed by atoms with E-state index in [1.165, 1.54) is 51.0 Å². The lowest BCUT2D eigenvalue weighted by Crippen LogP contribution is -2.39. The van der Waals surface area contributed by atoms with Crippen LogP contribution in [0.1, 0.15) is 44.9 Å². The van der Waals surface area contributed by atoms with E-state index in [0.29, 0.717) is 0 Å². The van der Waals surface area contributed by atoms with Crippen molar-refractivity contribution in [2.45, 2.75) is 57.5 Å². The first-order valence-corrected chi connectivity index (χ1v) is 9.43. The Kier molecular flexibility index (Phi) is 4.45. The van der Waals surface area contributed by atoms with E-state index in [2.05, 4.69) is 6.55 Å². The van der Waals surface area contributed by atoms with Crippen LogP contribution >= 0.6 is 0 Å². The quantitative estimate of drug-likeness (QED) is 0.661. The van der Waals surface area contributed by atoms with Crippen LogP contribution in [0.2, 0.25) is 12.6 Å². The zero-order chi connectivity index (χ0) is 11.4. The van der Waals surface area contributed by atoms with Gasteiger partial charge in [0, 0.05) is 13.7 Å². The Balaban J connectivity index is 1.71. The van der Waals surface area contributed by atoms with Gasteiger partial charge in [-0.2, -0.15) is 0 Å². The van der Waals surface area contributed by atoms with E-state index in [4.69, 9.17) is 8.85 Å². The lowest BCUT2D eigenvalue weighted by atomic mass is 9.90. The molecule has 2 saturated carbocycles. The highest BCUT2D eigenvalue weighted by Crippen LogP contribution is 2.38. The summed E-state index contributed by atoms with van der Waals surface area (Å²) < 4.78 is 11.9. The molecule has 2 rings (SSSR count). The van der Waals surface area contributed by atoms with Gasteiger partial charge in [-0.1, -0.05) is 32.1 Å². The molecule has 16 heavy (non-hydrogen) atoms. The van der Waals surface area contributed by atoms with Crippen molar-refractivity contribution < 1.29 is 8.85 Å². The van der Waals surface area contributed by atoms with Crippen molar-refractivity contribution in [3.8, 4) is 0 Å². The van der Waals surface area contributed by atoms with Gasteiger partial charge in [-0.3, -0.25) is 0 Å². The van der Waals surface area contributed by atoms with Crippen LogP contribution in [0.3, 0.4) is 0 Å². The molecule has 0 spiro atoms. The average molecular weight is 242 g/mol.